The minimum absolute atomic E-state index is 0.147. The highest BCUT2D eigenvalue weighted by Gasteiger charge is 2.24. The summed E-state index contributed by atoms with van der Waals surface area (Å²) in [5.74, 6) is 0.630. The smallest absolute Gasteiger partial charge is 0.269 e. The minimum atomic E-state index is -0.315. The molecule has 0 atom stereocenters. The molecular formula is C23H20N4O3S. The van der Waals surface area contributed by atoms with Crippen LogP contribution >= 0.6 is 11.3 Å². The molecule has 1 aliphatic rings. The molecule has 0 saturated heterocycles. The largest absolute Gasteiger partial charge is 0.497 e. The number of benzene rings is 2. The van der Waals surface area contributed by atoms with Crippen molar-refractivity contribution in [2.75, 3.05) is 12.5 Å². The summed E-state index contributed by atoms with van der Waals surface area (Å²) in [5.41, 5.74) is 7.62. The Hall–Kier alpha value is -3.65. The van der Waals surface area contributed by atoms with Crippen molar-refractivity contribution in [2.24, 2.45) is 0 Å². The Labute approximate surface area is 182 Å². The van der Waals surface area contributed by atoms with Gasteiger partial charge in [-0.3, -0.25) is 20.4 Å². The second kappa shape index (κ2) is 7.88. The van der Waals surface area contributed by atoms with Crippen molar-refractivity contribution in [1.29, 1.82) is 0 Å². The predicted octanol–water partition coefficient (Wildman–Crippen LogP) is 3.70. The van der Waals surface area contributed by atoms with Gasteiger partial charge in [-0.05, 0) is 61.2 Å². The van der Waals surface area contributed by atoms with Gasteiger partial charge in [0.2, 0.25) is 5.95 Å². The lowest BCUT2D eigenvalue weighted by atomic mass is 10.2. The van der Waals surface area contributed by atoms with Gasteiger partial charge in [-0.25, -0.2) is 9.55 Å². The van der Waals surface area contributed by atoms with Gasteiger partial charge >= 0.3 is 0 Å². The van der Waals surface area contributed by atoms with Crippen LogP contribution in [0.25, 0.3) is 15.9 Å². The molecule has 2 heterocycles. The zero-order chi connectivity index (χ0) is 21.4. The van der Waals surface area contributed by atoms with Crippen LogP contribution in [-0.2, 0) is 12.8 Å². The lowest BCUT2D eigenvalue weighted by Crippen LogP contribution is -2.34. The highest BCUT2D eigenvalue weighted by molar-refractivity contribution is 7.18. The molecule has 2 aromatic carbocycles. The molecule has 1 aliphatic carbocycles. The van der Waals surface area contributed by atoms with Crippen LogP contribution in [0.5, 0.6) is 5.75 Å². The Balaban J connectivity index is 1.60. The number of thiophene rings is 1. The summed E-state index contributed by atoms with van der Waals surface area (Å²) >= 11 is 1.56. The number of carbonyl (C=O) groups is 1. The number of nitrogens with zero attached hydrogens (tertiary/aromatic N) is 2. The van der Waals surface area contributed by atoms with E-state index >= 15 is 0 Å². The third-order valence-corrected chi connectivity index (χ3v) is 6.58. The number of aromatic nitrogens is 2. The topological polar surface area (TPSA) is 85.2 Å². The van der Waals surface area contributed by atoms with Gasteiger partial charge in [0.25, 0.3) is 11.5 Å². The second-order valence-corrected chi connectivity index (χ2v) is 8.34. The van der Waals surface area contributed by atoms with Gasteiger partial charge in [0, 0.05) is 10.4 Å². The average molecular weight is 433 g/mol. The maximum Gasteiger partial charge on any atom is 0.269 e. The van der Waals surface area contributed by atoms with E-state index in [0.717, 1.165) is 24.8 Å². The van der Waals surface area contributed by atoms with Crippen molar-refractivity contribution < 1.29 is 9.53 Å². The maximum atomic E-state index is 13.6. The predicted molar refractivity (Wildman–Crippen MR) is 121 cm³/mol. The zero-order valence-electron chi connectivity index (χ0n) is 16.8. The number of amides is 1. The van der Waals surface area contributed by atoms with Crippen molar-refractivity contribution >= 4 is 33.4 Å². The number of hydrazine groups is 1. The molecular weight excluding hydrogens is 412 g/mol. The molecule has 4 aromatic rings. The number of aryl methyl sites for hydroxylation is 2. The number of nitrogens with one attached hydrogen (secondary N) is 2. The Morgan fingerprint density at radius 2 is 1.87 bits per heavy atom. The highest BCUT2D eigenvalue weighted by Crippen LogP contribution is 2.35. The van der Waals surface area contributed by atoms with E-state index in [1.807, 2.05) is 6.07 Å². The summed E-state index contributed by atoms with van der Waals surface area (Å²) in [6, 6.07) is 16.0. The Morgan fingerprint density at radius 1 is 1.10 bits per heavy atom. The van der Waals surface area contributed by atoms with E-state index in [0.29, 0.717) is 27.2 Å². The number of hydrogen-bond acceptors (Lipinski definition) is 6. The second-order valence-electron chi connectivity index (χ2n) is 7.26. The summed E-state index contributed by atoms with van der Waals surface area (Å²) in [5, 5.41) is 0.674. The first-order valence-corrected chi connectivity index (χ1v) is 10.8. The highest BCUT2D eigenvalue weighted by atomic mass is 32.1. The number of fused-ring (bicyclic) bond motifs is 3. The van der Waals surface area contributed by atoms with E-state index in [9.17, 15) is 9.59 Å². The van der Waals surface area contributed by atoms with E-state index in [1.165, 1.54) is 9.44 Å². The first kappa shape index (κ1) is 19.3. The number of ether oxygens (including phenoxy) is 1. The van der Waals surface area contributed by atoms with Crippen LogP contribution in [0.4, 0.5) is 5.95 Å². The molecule has 0 saturated carbocycles. The molecule has 156 valence electrons. The fraction of sp³-hybridized carbons (Fsp3) is 0.174. The molecule has 8 heteroatoms. The summed E-state index contributed by atoms with van der Waals surface area (Å²) in [6.07, 6.45) is 2.93. The molecule has 0 aliphatic heterocycles. The first-order valence-electron chi connectivity index (χ1n) is 9.99. The molecule has 0 fully saturated rings. The Kier molecular flexibility index (Phi) is 4.91. The van der Waals surface area contributed by atoms with Crippen molar-refractivity contribution in [3.8, 4) is 11.4 Å². The Bertz CT molecular complexity index is 1330. The summed E-state index contributed by atoms with van der Waals surface area (Å²) in [4.78, 5) is 32.7. The SMILES string of the molecule is COc1ccc(-n2c(NNC(=O)c3ccccc3)nc3sc4c(c3c2=O)CCC4)cc1. The van der Waals surface area contributed by atoms with Gasteiger partial charge < -0.3 is 4.74 Å². The third kappa shape index (κ3) is 3.44. The van der Waals surface area contributed by atoms with Crippen molar-refractivity contribution in [3.05, 3.63) is 81.0 Å². The van der Waals surface area contributed by atoms with Crippen LogP contribution < -0.4 is 21.1 Å². The van der Waals surface area contributed by atoms with Gasteiger partial charge in [-0.2, -0.15) is 0 Å². The average Bonchev–Trinajstić information content (AvgIpc) is 3.39. The van der Waals surface area contributed by atoms with Gasteiger partial charge in [0.15, 0.2) is 0 Å². The quantitative estimate of drug-likeness (QED) is 0.470. The first-order chi connectivity index (χ1) is 15.2. The molecule has 7 nitrogen and oxygen atoms in total. The number of hydrogen-bond donors (Lipinski definition) is 2. The van der Waals surface area contributed by atoms with Crippen molar-refractivity contribution in [2.45, 2.75) is 19.3 Å². The molecule has 0 radical (unpaired) electrons. The molecule has 5 rings (SSSR count). The monoisotopic (exact) mass is 432 g/mol. The lowest BCUT2D eigenvalue weighted by Gasteiger charge is -2.15. The number of anilines is 1. The molecule has 0 bridgehead atoms. The normalized spacial score (nSPS) is 12.5. The number of carbonyl (C=O) groups excluding carboxylic acids is 1. The third-order valence-electron chi connectivity index (χ3n) is 5.39. The van der Waals surface area contributed by atoms with Crippen LogP contribution in [0.2, 0.25) is 0 Å². The van der Waals surface area contributed by atoms with Gasteiger partial charge in [0.05, 0.1) is 18.2 Å². The van der Waals surface area contributed by atoms with Crippen LogP contribution in [0.1, 0.15) is 27.2 Å². The number of rotatable bonds is 5. The van der Waals surface area contributed by atoms with E-state index < -0.39 is 0 Å². The van der Waals surface area contributed by atoms with Gasteiger partial charge in [-0.1, -0.05) is 18.2 Å². The summed E-state index contributed by atoms with van der Waals surface area (Å²) < 4.78 is 6.74. The van der Waals surface area contributed by atoms with Crippen LogP contribution in [-0.4, -0.2) is 22.6 Å². The summed E-state index contributed by atoms with van der Waals surface area (Å²) in [6.45, 7) is 0. The fourth-order valence-electron chi connectivity index (χ4n) is 3.87. The molecule has 2 aromatic heterocycles. The van der Waals surface area contributed by atoms with Gasteiger partial charge in [-0.15, -0.1) is 11.3 Å². The molecule has 0 spiro atoms. The van der Waals surface area contributed by atoms with E-state index in [-0.39, 0.29) is 17.4 Å². The summed E-state index contributed by atoms with van der Waals surface area (Å²) in [7, 11) is 1.59. The van der Waals surface area contributed by atoms with Crippen LogP contribution in [0, 0.1) is 0 Å². The molecule has 31 heavy (non-hydrogen) atoms. The van der Waals surface area contributed by atoms with E-state index in [4.69, 9.17) is 9.72 Å². The standard InChI is InChI=1S/C23H20N4O3S/c1-30-16-12-10-15(11-13-16)27-22(29)19-17-8-5-9-18(17)31-21(19)24-23(27)26-25-20(28)14-6-3-2-4-7-14/h2-4,6-7,10-13H,5,8-9H2,1H3,(H,24,26)(H,25,28). The van der Waals surface area contributed by atoms with E-state index in [2.05, 4.69) is 10.9 Å². The number of methoxy groups -OCH3 is 1. The van der Waals surface area contributed by atoms with Crippen molar-refractivity contribution in [1.82, 2.24) is 15.0 Å². The minimum Gasteiger partial charge on any atom is -0.497 e. The Morgan fingerprint density at radius 3 is 2.61 bits per heavy atom. The fourth-order valence-corrected chi connectivity index (χ4v) is 5.12. The van der Waals surface area contributed by atoms with Gasteiger partial charge in [0.1, 0.15) is 10.6 Å². The molecule has 1 amide bonds. The molecule has 0 unspecified atom stereocenters. The van der Waals surface area contributed by atoms with Crippen LogP contribution in [0.15, 0.2) is 59.4 Å². The van der Waals surface area contributed by atoms with Crippen molar-refractivity contribution in [3.63, 3.8) is 0 Å². The zero-order valence-corrected chi connectivity index (χ0v) is 17.7. The molecule has 2 N–H and O–H groups in total. The lowest BCUT2D eigenvalue weighted by molar-refractivity contribution is 0.0962. The maximum absolute atomic E-state index is 13.6. The van der Waals surface area contributed by atoms with E-state index in [1.54, 1.807) is 67.0 Å². The van der Waals surface area contributed by atoms with Crippen LogP contribution in [0.3, 0.4) is 0 Å².